The van der Waals surface area contributed by atoms with Gasteiger partial charge >= 0.3 is 5.97 Å². The summed E-state index contributed by atoms with van der Waals surface area (Å²) in [4.78, 5) is 27.3. The lowest BCUT2D eigenvalue weighted by molar-refractivity contribution is -0.149. The molecular formula is C13H22N2O4. The standard InChI is InChI=1S/C13H22N2O4/c1-19-13(18)10-2-6-15(7-3-10)12(17)9-14-5-4-11(16)8-14/h10-11,16H,2-9H2,1H3. The van der Waals surface area contributed by atoms with E-state index in [9.17, 15) is 14.7 Å². The van der Waals surface area contributed by atoms with Gasteiger partial charge in [0.2, 0.25) is 5.91 Å². The number of aliphatic hydroxyl groups excluding tert-OH is 1. The van der Waals surface area contributed by atoms with Crippen LogP contribution < -0.4 is 0 Å². The molecule has 2 aliphatic heterocycles. The molecule has 1 amide bonds. The lowest BCUT2D eigenvalue weighted by Gasteiger charge is -2.31. The minimum absolute atomic E-state index is 0.0670. The largest absolute Gasteiger partial charge is 0.469 e. The second-order valence-electron chi connectivity index (χ2n) is 5.36. The van der Waals surface area contributed by atoms with Crippen LogP contribution >= 0.6 is 0 Å². The third-order valence-corrected chi connectivity index (χ3v) is 3.99. The number of likely N-dealkylation sites (tertiary alicyclic amines) is 2. The highest BCUT2D eigenvalue weighted by Crippen LogP contribution is 2.19. The molecule has 0 saturated carbocycles. The summed E-state index contributed by atoms with van der Waals surface area (Å²) in [6, 6.07) is 0. The molecule has 6 nitrogen and oxygen atoms in total. The van der Waals surface area contributed by atoms with E-state index in [1.165, 1.54) is 7.11 Å². The molecular weight excluding hydrogens is 248 g/mol. The molecule has 2 aliphatic rings. The van der Waals surface area contributed by atoms with Crippen molar-refractivity contribution in [1.82, 2.24) is 9.80 Å². The fraction of sp³-hybridized carbons (Fsp3) is 0.846. The summed E-state index contributed by atoms with van der Waals surface area (Å²) in [6.45, 7) is 2.99. The Hall–Kier alpha value is -1.14. The van der Waals surface area contributed by atoms with Crippen molar-refractivity contribution in [1.29, 1.82) is 0 Å². The molecule has 0 aromatic rings. The summed E-state index contributed by atoms with van der Waals surface area (Å²) >= 11 is 0. The van der Waals surface area contributed by atoms with Crippen molar-refractivity contribution in [3.8, 4) is 0 Å². The predicted octanol–water partition coefficient (Wildman–Crippen LogP) is -0.535. The predicted molar refractivity (Wildman–Crippen MR) is 68.4 cm³/mol. The van der Waals surface area contributed by atoms with E-state index in [2.05, 4.69) is 0 Å². The number of hydrogen-bond donors (Lipinski definition) is 1. The topological polar surface area (TPSA) is 70.1 Å². The number of ether oxygens (including phenoxy) is 1. The average molecular weight is 270 g/mol. The Balaban J connectivity index is 1.75. The Morgan fingerprint density at radius 1 is 1.21 bits per heavy atom. The number of piperidine rings is 1. The number of hydrogen-bond acceptors (Lipinski definition) is 5. The first-order chi connectivity index (χ1) is 9.10. The summed E-state index contributed by atoms with van der Waals surface area (Å²) in [6.07, 6.45) is 1.82. The first kappa shape index (κ1) is 14.3. The molecule has 0 spiro atoms. The number of rotatable bonds is 3. The molecule has 19 heavy (non-hydrogen) atoms. The minimum Gasteiger partial charge on any atom is -0.469 e. The van der Waals surface area contributed by atoms with Crippen molar-refractivity contribution < 1.29 is 19.4 Å². The molecule has 2 saturated heterocycles. The second kappa shape index (κ2) is 6.34. The van der Waals surface area contributed by atoms with Crippen LogP contribution in [0, 0.1) is 5.92 Å². The van der Waals surface area contributed by atoms with Crippen LogP contribution in [0.5, 0.6) is 0 Å². The lowest BCUT2D eigenvalue weighted by atomic mass is 9.97. The van der Waals surface area contributed by atoms with Crippen LogP contribution in [-0.2, 0) is 14.3 Å². The molecule has 2 rings (SSSR count). The Morgan fingerprint density at radius 2 is 1.89 bits per heavy atom. The summed E-state index contributed by atoms with van der Waals surface area (Å²) in [7, 11) is 1.40. The van der Waals surface area contributed by atoms with Crippen molar-refractivity contribution in [3.63, 3.8) is 0 Å². The molecule has 0 aromatic heterocycles. The van der Waals surface area contributed by atoms with Gasteiger partial charge in [0.1, 0.15) is 0 Å². The highest BCUT2D eigenvalue weighted by atomic mass is 16.5. The van der Waals surface area contributed by atoms with Gasteiger partial charge in [0.25, 0.3) is 0 Å². The van der Waals surface area contributed by atoms with Crippen LogP contribution in [0.1, 0.15) is 19.3 Å². The van der Waals surface area contributed by atoms with E-state index in [1.807, 2.05) is 9.80 Å². The van der Waals surface area contributed by atoms with Crippen LogP contribution in [0.2, 0.25) is 0 Å². The van der Waals surface area contributed by atoms with Crippen molar-refractivity contribution in [2.24, 2.45) is 5.92 Å². The number of aliphatic hydroxyl groups is 1. The summed E-state index contributed by atoms with van der Waals surface area (Å²) in [5.41, 5.74) is 0. The van der Waals surface area contributed by atoms with Crippen LogP contribution in [0.4, 0.5) is 0 Å². The Labute approximate surface area is 113 Å². The molecule has 1 N–H and O–H groups in total. The quantitative estimate of drug-likeness (QED) is 0.698. The van der Waals surface area contributed by atoms with Gasteiger partial charge in [-0.25, -0.2) is 0 Å². The highest BCUT2D eigenvalue weighted by Gasteiger charge is 2.29. The van der Waals surface area contributed by atoms with Gasteiger partial charge in [-0.1, -0.05) is 0 Å². The maximum atomic E-state index is 12.1. The number of amides is 1. The number of methoxy groups -OCH3 is 1. The minimum atomic E-state index is -0.294. The van der Waals surface area contributed by atoms with Gasteiger partial charge in [-0.2, -0.15) is 0 Å². The molecule has 108 valence electrons. The fourth-order valence-electron chi connectivity index (χ4n) is 2.78. The SMILES string of the molecule is COC(=O)C1CCN(C(=O)CN2CCC(O)C2)CC1. The third-order valence-electron chi connectivity index (χ3n) is 3.99. The molecule has 0 bridgehead atoms. The molecule has 0 aromatic carbocycles. The maximum Gasteiger partial charge on any atom is 0.308 e. The molecule has 6 heteroatoms. The normalized spacial score (nSPS) is 25.6. The van der Waals surface area contributed by atoms with Crippen molar-refractivity contribution in [2.45, 2.75) is 25.4 Å². The maximum absolute atomic E-state index is 12.1. The van der Waals surface area contributed by atoms with Gasteiger partial charge in [-0.05, 0) is 19.3 Å². The van der Waals surface area contributed by atoms with E-state index in [0.29, 0.717) is 39.0 Å². The number of β-amino-alcohol motifs (C(OH)–C–C–N with tert-alkyl or cyclic N) is 1. The number of carbonyl (C=O) groups is 2. The smallest absolute Gasteiger partial charge is 0.308 e. The molecule has 1 unspecified atom stereocenters. The number of carbonyl (C=O) groups excluding carboxylic acids is 2. The number of esters is 1. The highest BCUT2D eigenvalue weighted by molar-refractivity contribution is 5.79. The van der Waals surface area contributed by atoms with Crippen molar-refractivity contribution >= 4 is 11.9 Å². The van der Waals surface area contributed by atoms with Gasteiger partial charge in [0.15, 0.2) is 0 Å². The van der Waals surface area contributed by atoms with E-state index in [4.69, 9.17) is 4.74 Å². The van der Waals surface area contributed by atoms with Gasteiger partial charge < -0.3 is 14.7 Å². The van der Waals surface area contributed by atoms with Crippen LogP contribution in [0.25, 0.3) is 0 Å². The zero-order chi connectivity index (χ0) is 13.8. The van der Waals surface area contributed by atoms with E-state index in [-0.39, 0.29) is 23.9 Å². The van der Waals surface area contributed by atoms with E-state index in [0.717, 1.165) is 13.0 Å². The average Bonchev–Trinajstić information content (AvgIpc) is 2.83. The van der Waals surface area contributed by atoms with Gasteiger partial charge in [-0.3, -0.25) is 14.5 Å². The van der Waals surface area contributed by atoms with E-state index >= 15 is 0 Å². The molecule has 0 radical (unpaired) electrons. The fourth-order valence-corrected chi connectivity index (χ4v) is 2.78. The zero-order valence-corrected chi connectivity index (χ0v) is 11.4. The molecule has 2 heterocycles. The van der Waals surface area contributed by atoms with Gasteiger partial charge in [0.05, 0.1) is 25.7 Å². The van der Waals surface area contributed by atoms with E-state index < -0.39 is 0 Å². The van der Waals surface area contributed by atoms with Gasteiger partial charge in [-0.15, -0.1) is 0 Å². The Bertz CT molecular complexity index is 340. The van der Waals surface area contributed by atoms with E-state index in [1.54, 1.807) is 0 Å². The Kier molecular flexibility index (Phi) is 4.76. The number of nitrogens with zero attached hydrogens (tertiary/aromatic N) is 2. The molecule has 0 aliphatic carbocycles. The van der Waals surface area contributed by atoms with Crippen LogP contribution in [0.3, 0.4) is 0 Å². The first-order valence-electron chi connectivity index (χ1n) is 6.86. The van der Waals surface area contributed by atoms with Crippen molar-refractivity contribution in [2.75, 3.05) is 39.8 Å². The second-order valence-corrected chi connectivity index (χ2v) is 5.36. The zero-order valence-electron chi connectivity index (χ0n) is 11.4. The summed E-state index contributed by atoms with van der Waals surface area (Å²) < 4.78 is 4.73. The van der Waals surface area contributed by atoms with Crippen molar-refractivity contribution in [3.05, 3.63) is 0 Å². The third kappa shape index (κ3) is 3.67. The molecule has 1 atom stereocenters. The Morgan fingerprint density at radius 3 is 2.42 bits per heavy atom. The van der Waals surface area contributed by atoms with Crippen LogP contribution in [-0.4, -0.2) is 72.7 Å². The lowest BCUT2D eigenvalue weighted by Crippen LogP contribution is -2.45. The summed E-state index contributed by atoms with van der Waals surface area (Å²) in [5, 5.41) is 9.43. The first-order valence-corrected chi connectivity index (χ1v) is 6.86. The van der Waals surface area contributed by atoms with Crippen LogP contribution in [0.15, 0.2) is 0 Å². The van der Waals surface area contributed by atoms with Gasteiger partial charge in [0, 0.05) is 26.2 Å². The monoisotopic (exact) mass is 270 g/mol. The molecule has 2 fully saturated rings. The summed E-state index contributed by atoms with van der Waals surface area (Å²) in [5.74, 6) is -0.144.